The first kappa shape index (κ1) is 25.7. The molecule has 0 saturated heterocycles. The topological polar surface area (TPSA) is 102 Å². The Morgan fingerprint density at radius 1 is 1.09 bits per heavy atom. The van der Waals surface area contributed by atoms with Crippen molar-refractivity contribution in [3.63, 3.8) is 0 Å². The van der Waals surface area contributed by atoms with Crippen LogP contribution >= 0.6 is 0 Å². The first-order chi connectivity index (χ1) is 16.2. The third kappa shape index (κ3) is 6.36. The van der Waals surface area contributed by atoms with Crippen molar-refractivity contribution in [3.05, 3.63) is 59.7 Å². The summed E-state index contributed by atoms with van der Waals surface area (Å²) >= 11 is 0. The molecule has 0 bridgehead atoms. The number of ether oxygens (including phenoxy) is 2. The van der Waals surface area contributed by atoms with Gasteiger partial charge in [-0.3, -0.25) is 4.79 Å². The molecule has 0 spiro atoms. The minimum atomic E-state index is -3.97. The van der Waals surface area contributed by atoms with E-state index in [9.17, 15) is 18.0 Å². The molecule has 1 N–H and O–H groups in total. The van der Waals surface area contributed by atoms with Gasteiger partial charge in [0.2, 0.25) is 10.0 Å². The van der Waals surface area contributed by atoms with E-state index in [0.717, 1.165) is 31.2 Å². The average molecular weight is 489 g/mol. The number of nitrogens with one attached hydrogen (secondary N) is 1. The van der Waals surface area contributed by atoms with Crippen molar-refractivity contribution in [2.24, 2.45) is 5.92 Å². The number of nitrogens with zero attached hydrogens (tertiary/aromatic N) is 1. The number of hydrogen-bond donors (Lipinski definition) is 1. The van der Waals surface area contributed by atoms with Crippen LogP contribution in [-0.2, 0) is 26.1 Å². The second-order valence-corrected chi connectivity index (χ2v) is 10.6. The van der Waals surface area contributed by atoms with Crippen LogP contribution in [0.4, 0.5) is 0 Å². The molecule has 2 atom stereocenters. The molecule has 0 aromatic heterocycles. The van der Waals surface area contributed by atoms with E-state index in [2.05, 4.69) is 12.2 Å². The van der Waals surface area contributed by atoms with E-state index >= 15 is 0 Å². The predicted octanol–water partition coefficient (Wildman–Crippen LogP) is 3.37. The molecule has 8 nitrogen and oxygen atoms in total. The number of amides is 1. The van der Waals surface area contributed by atoms with Gasteiger partial charge in [-0.25, -0.2) is 13.2 Å². The molecule has 1 aliphatic rings. The summed E-state index contributed by atoms with van der Waals surface area (Å²) in [6.07, 6.45) is 4.20. The highest BCUT2D eigenvalue weighted by atomic mass is 32.2. The lowest BCUT2D eigenvalue weighted by Crippen LogP contribution is -2.42. The Balaban J connectivity index is 1.69. The van der Waals surface area contributed by atoms with Crippen LogP contribution in [0.25, 0.3) is 0 Å². The lowest BCUT2D eigenvalue weighted by molar-refractivity contribution is -0.125. The highest BCUT2D eigenvalue weighted by Gasteiger charge is 2.27. The van der Waals surface area contributed by atoms with Crippen LogP contribution in [-0.4, -0.2) is 51.4 Å². The highest BCUT2D eigenvalue weighted by Crippen LogP contribution is 2.28. The van der Waals surface area contributed by atoms with Gasteiger partial charge < -0.3 is 14.8 Å². The first-order valence-corrected chi connectivity index (χ1v) is 12.8. The van der Waals surface area contributed by atoms with E-state index in [1.54, 1.807) is 0 Å². The van der Waals surface area contributed by atoms with E-state index in [0.29, 0.717) is 5.92 Å². The molecule has 0 heterocycles. The fourth-order valence-electron chi connectivity index (χ4n) is 4.09. The summed E-state index contributed by atoms with van der Waals surface area (Å²) in [5.41, 5.74) is 0.840. The van der Waals surface area contributed by atoms with Crippen molar-refractivity contribution in [2.45, 2.75) is 50.1 Å². The van der Waals surface area contributed by atoms with Crippen LogP contribution in [0.15, 0.2) is 53.4 Å². The Kier molecular flexibility index (Phi) is 8.68. The van der Waals surface area contributed by atoms with Gasteiger partial charge in [-0.05, 0) is 42.5 Å². The fraction of sp³-hybridized carbons (Fsp3) is 0.440. The molecule has 184 valence electrons. The number of carbonyl (C=O) groups excluding carboxylic acids is 2. The maximum Gasteiger partial charge on any atom is 0.338 e. The Hall–Kier alpha value is -2.91. The molecule has 34 heavy (non-hydrogen) atoms. The normalized spacial score (nSPS) is 18.4. The predicted molar refractivity (Wildman–Crippen MR) is 128 cm³/mol. The molecule has 9 heteroatoms. The lowest BCUT2D eigenvalue weighted by Gasteiger charge is -2.29. The zero-order valence-corrected chi connectivity index (χ0v) is 20.6. The Bertz CT molecular complexity index is 1100. The molecule has 0 aliphatic heterocycles. The Morgan fingerprint density at radius 2 is 1.79 bits per heavy atom. The van der Waals surface area contributed by atoms with Crippen molar-refractivity contribution < 1.29 is 27.5 Å². The molecule has 3 rings (SSSR count). The van der Waals surface area contributed by atoms with E-state index in [-0.39, 0.29) is 34.7 Å². The van der Waals surface area contributed by atoms with Gasteiger partial charge in [0.1, 0.15) is 10.6 Å². The van der Waals surface area contributed by atoms with Crippen LogP contribution in [0.5, 0.6) is 5.75 Å². The second-order valence-electron chi connectivity index (χ2n) is 8.62. The van der Waals surface area contributed by atoms with Crippen LogP contribution in [0.1, 0.15) is 48.5 Å². The maximum atomic E-state index is 13.2. The molecule has 0 radical (unpaired) electrons. The van der Waals surface area contributed by atoms with Gasteiger partial charge in [0.25, 0.3) is 5.91 Å². The summed E-state index contributed by atoms with van der Waals surface area (Å²) < 4.78 is 38.1. The fourth-order valence-corrected chi connectivity index (χ4v) is 5.43. The van der Waals surface area contributed by atoms with Gasteiger partial charge >= 0.3 is 5.97 Å². The van der Waals surface area contributed by atoms with Crippen LogP contribution in [0.2, 0.25) is 0 Å². The Morgan fingerprint density at radius 3 is 2.47 bits per heavy atom. The van der Waals surface area contributed by atoms with Gasteiger partial charge in [-0.2, -0.15) is 4.31 Å². The monoisotopic (exact) mass is 488 g/mol. The summed E-state index contributed by atoms with van der Waals surface area (Å²) in [7, 11) is -1.15. The van der Waals surface area contributed by atoms with Crippen molar-refractivity contribution >= 4 is 21.9 Å². The summed E-state index contributed by atoms with van der Waals surface area (Å²) in [4.78, 5) is 24.7. The van der Waals surface area contributed by atoms with Gasteiger partial charge in [0.15, 0.2) is 6.61 Å². The minimum Gasteiger partial charge on any atom is -0.495 e. The van der Waals surface area contributed by atoms with E-state index < -0.39 is 22.6 Å². The molecule has 2 aromatic carbocycles. The molecular weight excluding hydrogens is 456 g/mol. The number of esters is 1. The van der Waals surface area contributed by atoms with Gasteiger partial charge in [-0.1, -0.05) is 50.1 Å². The van der Waals surface area contributed by atoms with Crippen molar-refractivity contribution in [3.8, 4) is 5.75 Å². The third-order valence-corrected chi connectivity index (χ3v) is 7.95. The van der Waals surface area contributed by atoms with Crippen LogP contribution in [0.3, 0.4) is 0 Å². The third-order valence-electron chi connectivity index (χ3n) is 6.13. The summed E-state index contributed by atoms with van der Waals surface area (Å²) in [5.74, 6) is -0.649. The zero-order chi connectivity index (χ0) is 24.7. The van der Waals surface area contributed by atoms with Crippen molar-refractivity contribution in [1.29, 1.82) is 0 Å². The van der Waals surface area contributed by atoms with E-state index in [4.69, 9.17) is 9.47 Å². The maximum absolute atomic E-state index is 13.2. The molecular formula is C25H32N2O6S. The first-order valence-electron chi connectivity index (χ1n) is 11.4. The SMILES string of the molecule is COc1ccc(C(=O)OCC(=O)NC2CCCCC2C)cc1S(=O)(=O)N(C)Cc1ccccc1. The zero-order valence-electron chi connectivity index (χ0n) is 19.8. The molecule has 1 fully saturated rings. The molecule has 1 saturated carbocycles. The van der Waals surface area contributed by atoms with Gasteiger partial charge in [0.05, 0.1) is 12.7 Å². The number of hydrogen-bond acceptors (Lipinski definition) is 6. The summed E-state index contributed by atoms with van der Waals surface area (Å²) in [6.45, 7) is 1.83. The van der Waals surface area contributed by atoms with Crippen LogP contribution < -0.4 is 10.1 Å². The van der Waals surface area contributed by atoms with Crippen LogP contribution in [0, 0.1) is 5.92 Å². The largest absolute Gasteiger partial charge is 0.495 e. The number of benzene rings is 2. The van der Waals surface area contributed by atoms with Crippen molar-refractivity contribution in [2.75, 3.05) is 20.8 Å². The molecule has 2 unspecified atom stereocenters. The molecule has 1 amide bonds. The highest BCUT2D eigenvalue weighted by molar-refractivity contribution is 7.89. The Labute approximate surface area is 201 Å². The number of methoxy groups -OCH3 is 1. The summed E-state index contributed by atoms with van der Waals surface area (Å²) in [5, 5.41) is 2.93. The quantitative estimate of drug-likeness (QED) is 0.543. The van der Waals surface area contributed by atoms with Crippen molar-refractivity contribution in [1.82, 2.24) is 9.62 Å². The van der Waals surface area contributed by atoms with Gasteiger partial charge in [0, 0.05) is 19.6 Å². The molecule has 2 aromatic rings. The average Bonchev–Trinajstić information content (AvgIpc) is 2.84. The number of rotatable bonds is 9. The van der Waals surface area contributed by atoms with E-state index in [1.807, 2.05) is 30.3 Å². The standard InChI is InChI=1S/C25H32N2O6S/c1-18-9-7-8-12-21(18)26-24(28)17-33-25(29)20-13-14-22(32-3)23(15-20)34(30,31)27(2)16-19-10-5-4-6-11-19/h4-6,10-11,13-15,18,21H,7-9,12,16-17H2,1-3H3,(H,26,28). The van der Waals surface area contributed by atoms with E-state index in [1.165, 1.54) is 36.7 Å². The number of carbonyl (C=O) groups is 2. The van der Waals surface area contributed by atoms with Gasteiger partial charge in [-0.15, -0.1) is 0 Å². The lowest BCUT2D eigenvalue weighted by atomic mass is 9.86. The minimum absolute atomic E-state index is 0.0197. The second kappa shape index (κ2) is 11.5. The summed E-state index contributed by atoms with van der Waals surface area (Å²) in [6, 6.07) is 13.3. The smallest absolute Gasteiger partial charge is 0.338 e. The number of sulfonamides is 1. The molecule has 1 aliphatic carbocycles.